The summed E-state index contributed by atoms with van der Waals surface area (Å²) in [5.74, 6) is 0.596. The van der Waals surface area contributed by atoms with Gasteiger partial charge in [-0.3, -0.25) is 9.69 Å². The smallest absolute Gasteiger partial charge is 0.139 e. The lowest BCUT2D eigenvalue weighted by molar-refractivity contribution is -0.138. The minimum absolute atomic E-state index is 0.148. The third kappa shape index (κ3) is 2.84. The van der Waals surface area contributed by atoms with Crippen molar-refractivity contribution in [1.29, 1.82) is 0 Å². The fraction of sp³-hybridized carbons (Fsp3) is 0.381. The zero-order chi connectivity index (χ0) is 16.5. The molecule has 3 nitrogen and oxygen atoms in total. The number of fused-ring (bicyclic) bond motifs is 3. The Hall–Kier alpha value is -2.13. The molecule has 0 spiro atoms. The lowest BCUT2D eigenvalue weighted by Crippen LogP contribution is -2.54. The number of piperidine rings is 2. The van der Waals surface area contributed by atoms with Gasteiger partial charge in [0, 0.05) is 36.7 Å². The van der Waals surface area contributed by atoms with Crippen LogP contribution in [-0.4, -0.2) is 23.3 Å². The molecule has 1 saturated carbocycles. The molecule has 3 aliphatic rings. The molecule has 2 bridgehead atoms. The lowest BCUT2D eigenvalue weighted by Gasteiger charge is -2.51. The SMILES string of the molecule is Nc1ccc(C2C3CCC(CC3=O)N2CCc2ccccc2)cc1. The summed E-state index contributed by atoms with van der Waals surface area (Å²) >= 11 is 0. The van der Waals surface area contributed by atoms with Gasteiger partial charge in [0.25, 0.3) is 0 Å². The third-order valence-corrected chi connectivity index (χ3v) is 5.65. The molecular formula is C21H24N2O. The molecule has 0 aromatic heterocycles. The van der Waals surface area contributed by atoms with Crippen molar-refractivity contribution in [3.8, 4) is 0 Å². The zero-order valence-corrected chi connectivity index (χ0v) is 13.9. The highest BCUT2D eigenvalue weighted by Crippen LogP contribution is 2.45. The van der Waals surface area contributed by atoms with Gasteiger partial charge < -0.3 is 5.73 Å². The van der Waals surface area contributed by atoms with E-state index in [0.717, 1.165) is 37.9 Å². The van der Waals surface area contributed by atoms with Crippen molar-refractivity contribution >= 4 is 11.5 Å². The number of carbonyl (C=O) groups is 1. The van der Waals surface area contributed by atoms with Crippen molar-refractivity contribution in [2.75, 3.05) is 12.3 Å². The minimum atomic E-state index is 0.148. The normalized spacial score (nSPS) is 26.7. The molecule has 2 N–H and O–H groups in total. The standard InChI is InChI=1S/C21H24N2O/c22-17-8-6-16(7-9-17)21-19-11-10-18(14-20(19)24)23(21)13-12-15-4-2-1-3-5-15/h1-9,18-19,21H,10-14,22H2. The quantitative estimate of drug-likeness (QED) is 0.876. The molecule has 5 rings (SSSR count). The maximum atomic E-state index is 12.5. The second-order valence-electron chi connectivity index (χ2n) is 7.09. The first-order valence-corrected chi connectivity index (χ1v) is 8.90. The van der Waals surface area contributed by atoms with Crippen molar-refractivity contribution in [3.05, 3.63) is 65.7 Å². The maximum absolute atomic E-state index is 12.5. The molecule has 3 atom stereocenters. The van der Waals surface area contributed by atoms with E-state index < -0.39 is 0 Å². The Morgan fingerprint density at radius 3 is 2.46 bits per heavy atom. The third-order valence-electron chi connectivity index (χ3n) is 5.65. The van der Waals surface area contributed by atoms with Crippen molar-refractivity contribution < 1.29 is 4.79 Å². The number of nitrogens with two attached hydrogens (primary N) is 1. The van der Waals surface area contributed by atoms with Crippen molar-refractivity contribution in [2.45, 2.75) is 37.8 Å². The molecule has 124 valence electrons. The maximum Gasteiger partial charge on any atom is 0.139 e. The molecule has 0 amide bonds. The van der Waals surface area contributed by atoms with Gasteiger partial charge in [-0.05, 0) is 42.5 Å². The minimum Gasteiger partial charge on any atom is -0.399 e. The highest BCUT2D eigenvalue weighted by atomic mass is 16.1. The first-order valence-electron chi connectivity index (χ1n) is 8.90. The van der Waals surface area contributed by atoms with E-state index in [1.54, 1.807) is 0 Å². The molecule has 3 fully saturated rings. The van der Waals surface area contributed by atoms with Gasteiger partial charge in [0.15, 0.2) is 0 Å². The molecular weight excluding hydrogens is 296 g/mol. The van der Waals surface area contributed by atoms with Crippen LogP contribution >= 0.6 is 0 Å². The number of ketones is 1. The number of Topliss-reactive ketones (excluding diaryl/α,β-unsaturated/α-hetero) is 1. The van der Waals surface area contributed by atoms with E-state index in [1.165, 1.54) is 11.1 Å². The highest BCUT2D eigenvalue weighted by molar-refractivity contribution is 5.84. The number of hydrogen-bond acceptors (Lipinski definition) is 3. The average Bonchev–Trinajstić information content (AvgIpc) is 2.62. The van der Waals surface area contributed by atoms with E-state index in [4.69, 9.17) is 5.73 Å². The van der Waals surface area contributed by atoms with Gasteiger partial charge in [0.2, 0.25) is 0 Å². The second-order valence-corrected chi connectivity index (χ2v) is 7.09. The summed E-state index contributed by atoms with van der Waals surface area (Å²) in [7, 11) is 0. The summed E-state index contributed by atoms with van der Waals surface area (Å²) in [6.07, 6.45) is 3.94. The van der Waals surface area contributed by atoms with Crippen LogP contribution in [-0.2, 0) is 11.2 Å². The number of anilines is 1. The molecule has 24 heavy (non-hydrogen) atoms. The number of nitrogens with zero attached hydrogens (tertiary/aromatic N) is 1. The van der Waals surface area contributed by atoms with Gasteiger partial charge >= 0.3 is 0 Å². The van der Waals surface area contributed by atoms with Gasteiger partial charge in [-0.2, -0.15) is 0 Å². The lowest BCUT2D eigenvalue weighted by atomic mass is 9.71. The average molecular weight is 320 g/mol. The molecule has 2 saturated heterocycles. The highest BCUT2D eigenvalue weighted by Gasteiger charge is 2.46. The summed E-state index contributed by atoms with van der Waals surface area (Å²) in [4.78, 5) is 15.1. The first-order chi connectivity index (χ1) is 11.7. The zero-order valence-electron chi connectivity index (χ0n) is 13.9. The van der Waals surface area contributed by atoms with Crippen molar-refractivity contribution in [1.82, 2.24) is 4.90 Å². The van der Waals surface area contributed by atoms with Gasteiger partial charge in [-0.1, -0.05) is 42.5 Å². The van der Waals surface area contributed by atoms with Crippen LogP contribution in [0.5, 0.6) is 0 Å². The van der Waals surface area contributed by atoms with Crippen LogP contribution in [0.25, 0.3) is 0 Å². The summed E-state index contributed by atoms with van der Waals surface area (Å²) in [6.45, 7) is 1.01. The van der Waals surface area contributed by atoms with Crippen LogP contribution in [0.3, 0.4) is 0 Å². The van der Waals surface area contributed by atoms with Crippen LogP contribution in [0.4, 0.5) is 5.69 Å². The summed E-state index contributed by atoms with van der Waals surface area (Å²) in [5, 5.41) is 0. The number of nitrogen functional groups attached to an aromatic ring is 1. The Labute approximate surface area is 143 Å². The van der Waals surface area contributed by atoms with Gasteiger partial charge in [-0.15, -0.1) is 0 Å². The van der Waals surface area contributed by atoms with E-state index in [1.807, 2.05) is 12.1 Å². The van der Waals surface area contributed by atoms with E-state index in [2.05, 4.69) is 47.4 Å². The summed E-state index contributed by atoms with van der Waals surface area (Å²) < 4.78 is 0. The van der Waals surface area contributed by atoms with E-state index in [0.29, 0.717) is 11.8 Å². The van der Waals surface area contributed by atoms with Gasteiger partial charge in [-0.25, -0.2) is 0 Å². The van der Waals surface area contributed by atoms with Crippen LogP contribution in [0.2, 0.25) is 0 Å². The van der Waals surface area contributed by atoms with Crippen LogP contribution in [0.15, 0.2) is 54.6 Å². The second kappa shape index (κ2) is 6.40. The molecule has 2 aliphatic heterocycles. The topological polar surface area (TPSA) is 46.3 Å². The Bertz CT molecular complexity index is 710. The fourth-order valence-corrected chi connectivity index (χ4v) is 4.44. The summed E-state index contributed by atoms with van der Waals surface area (Å²) in [6, 6.07) is 19.3. The van der Waals surface area contributed by atoms with Gasteiger partial charge in [0.05, 0.1) is 0 Å². The van der Waals surface area contributed by atoms with Crippen molar-refractivity contribution in [2.24, 2.45) is 5.92 Å². The van der Waals surface area contributed by atoms with Crippen molar-refractivity contribution in [3.63, 3.8) is 0 Å². The Morgan fingerprint density at radius 1 is 1.00 bits per heavy atom. The molecule has 2 aromatic rings. The molecule has 2 heterocycles. The van der Waals surface area contributed by atoms with E-state index in [9.17, 15) is 4.79 Å². The van der Waals surface area contributed by atoms with Gasteiger partial charge in [0.1, 0.15) is 5.78 Å². The number of benzene rings is 2. The first kappa shape index (κ1) is 15.4. The molecule has 0 radical (unpaired) electrons. The van der Waals surface area contributed by atoms with Crippen LogP contribution < -0.4 is 5.73 Å². The Kier molecular flexibility index (Phi) is 4.11. The number of hydrogen-bond donors (Lipinski definition) is 1. The van der Waals surface area contributed by atoms with E-state index >= 15 is 0 Å². The Balaban J connectivity index is 1.59. The molecule has 3 unspecified atom stereocenters. The fourth-order valence-electron chi connectivity index (χ4n) is 4.44. The largest absolute Gasteiger partial charge is 0.399 e. The predicted molar refractivity (Wildman–Crippen MR) is 96.6 cm³/mol. The molecule has 2 aromatic carbocycles. The summed E-state index contributed by atoms with van der Waals surface area (Å²) in [5.41, 5.74) is 9.23. The predicted octanol–water partition coefficient (Wildman–Crippen LogP) is 3.61. The van der Waals surface area contributed by atoms with Crippen LogP contribution in [0, 0.1) is 5.92 Å². The number of carbonyl (C=O) groups excluding carboxylic acids is 1. The molecule has 3 heteroatoms. The Morgan fingerprint density at radius 2 is 1.75 bits per heavy atom. The number of rotatable bonds is 4. The monoisotopic (exact) mass is 320 g/mol. The molecule has 1 aliphatic carbocycles. The van der Waals surface area contributed by atoms with Crippen LogP contribution in [0.1, 0.15) is 36.4 Å². The van der Waals surface area contributed by atoms with E-state index in [-0.39, 0.29) is 12.0 Å².